The molecule has 3 N–H and O–H groups in total. The number of rotatable bonds is 11. The van der Waals surface area contributed by atoms with Crippen molar-refractivity contribution in [1.29, 1.82) is 0 Å². The van der Waals surface area contributed by atoms with Crippen molar-refractivity contribution in [3.05, 3.63) is 108 Å². The van der Waals surface area contributed by atoms with Crippen molar-refractivity contribution < 1.29 is 23.9 Å². The van der Waals surface area contributed by atoms with Crippen molar-refractivity contribution in [3.63, 3.8) is 0 Å². The first kappa shape index (κ1) is 31.7. The molecule has 0 aromatic heterocycles. The van der Waals surface area contributed by atoms with Crippen LogP contribution in [0, 0.1) is 0 Å². The lowest BCUT2D eigenvalue weighted by Crippen LogP contribution is -2.62. The average molecular weight is 608 g/mol. The van der Waals surface area contributed by atoms with E-state index in [9.17, 15) is 14.4 Å². The van der Waals surface area contributed by atoms with E-state index in [1.54, 1.807) is 27.8 Å². The molecule has 1 atom stereocenters. The zero-order valence-corrected chi connectivity index (χ0v) is 26.3. The van der Waals surface area contributed by atoms with Crippen molar-refractivity contribution in [1.82, 2.24) is 16.0 Å². The average Bonchev–Trinajstić information content (AvgIpc) is 3.35. The quantitative estimate of drug-likeness (QED) is 0.109. The summed E-state index contributed by atoms with van der Waals surface area (Å²) < 4.78 is 11.3. The first-order valence-electron chi connectivity index (χ1n) is 15.4. The van der Waals surface area contributed by atoms with E-state index in [0.717, 1.165) is 38.6 Å². The van der Waals surface area contributed by atoms with Gasteiger partial charge in [-0.15, -0.1) is 0 Å². The summed E-state index contributed by atoms with van der Waals surface area (Å²) in [6, 6.07) is 30.3. The number of likely N-dealkylation sites (N-methyl/N-ethyl adjacent to an activating group) is 1. The highest BCUT2D eigenvalue weighted by atomic mass is 16.6. The Morgan fingerprint density at radius 2 is 1.40 bits per heavy atom. The molecule has 0 radical (unpaired) electrons. The summed E-state index contributed by atoms with van der Waals surface area (Å²) in [7, 11) is 1.57. The molecule has 0 spiro atoms. The van der Waals surface area contributed by atoms with Crippen LogP contribution in [0.25, 0.3) is 21.9 Å². The molecule has 0 heterocycles. The van der Waals surface area contributed by atoms with Gasteiger partial charge in [0, 0.05) is 19.0 Å². The number of fused-ring (bicyclic) bond motifs is 4. The first-order chi connectivity index (χ1) is 21.6. The summed E-state index contributed by atoms with van der Waals surface area (Å²) in [5.74, 6) is -1.21. The van der Waals surface area contributed by atoms with E-state index < -0.39 is 29.1 Å². The smallest absolute Gasteiger partial charge is 0.407 e. The third-order valence-electron chi connectivity index (χ3n) is 8.17. The van der Waals surface area contributed by atoms with E-state index in [-0.39, 0.29) is 32.0 Å². The van der Waals surface area contributed by atoms with Gasteiger partial charge in [-0.25, -0.2) is 9.59 Å². The maximum absolute atomic E-state index is 13.7. The van der Waals surface area contributed by atoms with E-state index in [1.165, 1.54) is 0 Å². The number of benzene rings is 4. The van der Waals surface area contributed by atoms with Crippen LogP contribution in [0.1, 0.15) is 56.2 Å². The van der Waals surface area contributed by atoms with Crippen molar-refractivity contribution in [2.75, 3.05) is 20.2 Å². The number of hydrogen-bond donors (Lipinski definition) is 3. The molecule has 0 fully saturated rings. The van der Waals surface area contributed by atoms with Crippen molar-refractivity contribution >= 4 is 28.7 Å². The highest BCUT2D eigenvalue weighted by Gasteiger charge is 2.47. The molecule has 0 unspecified atom stereocenters. The minimum absolute atomic E-state index is 0.0430. The van der Waals surface area contributed by atoms with Gasteiger partial charge in [-0.3, -0.25) is 10.1 Å². The van der Waals surface area contributed by atoms with Crippen LogP contribution in [0.5, 0.6) is 0 Å². The van der Waals surface area contributed by atoms with Crippen LogP contribution >= 0.6 is 0 Å². The van der Waals surface area contributed by atoms with Gasteiger partial charge in [-0.2, -0.15) is 0 Å². The lowest BCUT2D eigenvalue weighted by atomic mass is 9.91. The number of ether oxygens (including phenoxy) is 2. The fourth-order valence-electron chi connectivity index (χ4n) is 5.89. The summed E-state index contributed by atoms with van der Waals surface area (Å²) >= 11 is 0. The van der Waals surface area contributed by atoms with E-state index in [2.05, 4.69) is 40.2 Å². The molecule has 4 aromatic carbocycles. The van der Waals surface area contributed by atoms with Gasteiger partial charge < -0.3 is 20.1 Å². The Kier molecular flexibility index (Phi) is 9.54. The van der Waals surface area contributed by atoms with Gasteiger partial charge in [0.05, 0.1) is 0 Å². The monoisotopic (exact) mass is 607 g/mol. The Hall–Kier alpha value is -4.69. The highest BCUT2D eigenvalue weighted by molar-refractivity contribution is 6.07. The number of carbonyl (C=O) groups excluding carboxylic acids is 3. The van der Waals surface area contributed by atoms with Crippen LogP contribution in [0.3, 0.4) is 0 Å². The van der Waals surface area contributed by atoms with Gasteiger partial charge in [-0.1, -0.05) is 84.9 Å². The molecule has 8 nitrogen and oxygen atoms in total. The van der Waals surface area contributed by atoms with Gasteiger partial charge in [-0.05, 0) is 85.3 Å². The zero-order chi connectivity index (χ0) is 32.0. The Balaban J connectivity index is 1.19. The molecular formula is C37H41N3O5. The summed E-state index contributed by atoms with van der Waals surface area (Å²) in [5, 5.41) is 10.8. The molecular weight excluding hydrogens is 566 g/mol. The molecule has 2 amide bonds. The van der Waals surface area contributed by atoms with E-state index in [4.69, 9.17) is 9.47 Å². The third-order valence-corrected chi connectivity index (χ3v) is 8.17. The van der Waals surface area contributed by atoms with Gasteiger partial charge in [0.2, 0.25) is 0 Å². The van der Waals surface area contributed by atoms with Gasteiger partial charge in [0.15, 0.2) is 5.54 Å². The molecule has 4 aromatic rings. The molecule has 0 bridgehead atoms. The lowest BCUT2D eigenvalue weighted by Gasteiger charge is -2.33. The molecule has 1 aliphatic rings. The van der Waals surface area contributed by atoms with Crippen LogP contribution in [0.2, 0.25) is 0 Å². The molecule has 0 aliphatic heterocycles. The van der Waals surface area contributed by atoms with Crippen molar-refractivity contribution in [3.8, 4) is 11.1 Å². The second kappa shape index (κ2) is 13.5. The fourth-order valence-corrected chi connectivity index (χ4v) is 5.89. The number of amides is 2. The highest BCUT2D eigenvalue weighted by Crippen LogP contribution is 2.44. The molecule has 234 valence electrons. The van der Waals surface area contributed by atoms with Crippen LogP contribution in [-0.4, -0.2) is 49.3 Å². The van der Waals surface area contributed by atoms with Gasteiger partial charge >= 0.3 is 12.1 Å². The summed E-state index contributed by atoms with van der Waals surface area (Å²) in [6.45, 7) is 5.94. The van der Waals surface area contributed by atoms with Crippen LogP contribution in [0.15, 0.2) is 91.0 Å². The van der Waals surface area contributed by atoms with Crippen molar-refractivity contribution in [2.45, 2.75) is 57.2 Å². The molecule has 0 saturated heterocycles. The molecule has 8 heteroatoms. The van der Waals surface area contributed by atoms with Gasteiger partial charge in [0.1, 0.15) is 12.2 Å². The molecule has 1 aliphatic carbocycles. The lowest BCUT2D eigenvalue weighted by molar-refractivity contribution is -0.166. The Bertz CT molecular complexity index is 1650. The molecule has 5 rings (SSSR count). The summed E-state index contributed by atoms with van der Waals surface area (Å²) in [4.78, 5) is 39.8. The number of esters is 1. The maximum atomic E-state index is 13.7. The van der Waals surface area contributed by atoms with Crippen LogP contribution in [0.4, 0.5) is 4.79 Å². The third kappa shape index (κ3) is 7.18. The van der Waals surface area contributed by atoms with Crippen molar-refractivity contribution in [2.24, 2.45) is 0 Å². The number of hydrogen-bond acceptors (Lipinski definition) is 6. The normalized spacial score (nSPS) is 13.8. The predicted molar refractivity (Wildman–Crippen MR) is 176 cm³/mol. The standard InChI is InChI=1S/C37H41N3O5/c1-36(2,3)45-34(42)37(38-4,33(41)40-23-25-18-19-26-12-5-6-13-27(26)22-25)20-11-21-39-35(43)44-24-32-30-16-9-7-14-28(30)29-15-8-10-17-31(29)32/h5-10,12-19,22,32,38H,11,20-21,23-24H2,1-4H3,(H,39,43)(H,40,41)/t37-/m0/s1. The van der Waals surface area contributed by atoms with Gasteiger partial charge in [0.25, 0.3) is 5.91 Å². The van der Waals surface area contributed by atoms with E-state index in [0.29, 0.717) is 6.42 Å². The zero-order valence-electron chi connectivity index (χ0n) is 26.3. The number of carbonyl (C=O) groups is 3. The Morgan fingerprint density at radius 3 is 2.04 bits per heavy atom. The maximum Gasteiger partial charge on any atom is 0.407 e. The second-order valence-corrected chi connectivity index (χ2v) is 12.4. The number of nitrogens with one attached hydrogen (secondary N) is 3. The summed E-state index contributed by atoms with van der Waals surface area (Å²) in [5.41, 5.74) is 3.06. The molecule has 45 heavy (non-hydrogen) atoms. The minimum atomic E-state index is -1.65. The van der Waals surface area contributed by atoms with Crippen LogP contribution < -0.4 is 16.0 Å². The fraction of sp³-hybridized carbons (Fsp3) is 0.324. The second-order valence-electron chi connectivity index (χ2n) is 12.4. The van der Waals surface area contributed by atoms with Crippen LogP contribution in [-0.2, 0) is 25.6 Å². The van der Waals surface area contributed by atoms with E-state index in [1.807, 2.05) is 66.7 Å². The molecule has 0 saturated carbocycles. The topological polar surface area (TPSA) is 106 Å². The first-order valence-corrected chi connectivity index (χ1v) is 15.4. The predicted octanol–water partition coefficient (Wildman–Crippen LogP) is 6.07. The number of alkyl carbamates (subject to hydrolysis) is 1. The minimum Gasteiger partial charge on any atom is -0.458 e. The largest absolute Gasteiger partial charge is 0.458 e. The Labute approximate surface area is 264 Å². The SMILES string of the molecule is CN[C@@](CCCNC(=O)OCC1c2ccccc2-c2ccccc21)(C(=O)NCc1ccc2ccccc2c1)C(=O)OC(C)(C)C. The summed E-state index contributed by atoms with van der Waals surface area (Å²) in [6.07, 6.45) is -0.121. The van der Waals surface area contributed by atoms with E-state index >= 15 is 0 Å². The Morgan fingerprint density at radius 1 is 0.778 bits per heavy atom.